The smallest absolute Gasteiger partial charge is 0.346 e. The van der Waals surface area contributed by atoms with Gasteiger partial charge in [-0.05, 0) is 28.8 Å². The third-order valence-corrected chi connectivity index (χ3v) is 4.20. The maximum atomic E-state index is 12.5. The number of halogens is 1. The summed E-state index contributed by atoms with van der Waals surface area (Å²) in [4.78, 5) is 40.3. The van der Waals surface area contributed by atoms with Crippen molar-refractivity contribution in [1.29, 1.82) is 0 Å². The standard InChI is InChI=1S/C14H17BrN8O2/c15-9-5-18-11(17)10(20-9)13(24)21-12-8(4-19-14(25)22-12)23-3-1-2-7(16)6-23/h4-5,7H,1-3,6,16H2,(H2,17,18)(H2,19,21,22,24,25). The molecule has 1 fully saturated rings. The molecule has 0 radical (unpaired) electrons. The molecule has 1 amide bonds. The van der Waals surface area contributed by atoms with Crippen LogP contribution in [0.5, 0.6) is 0 Å². The van der Waals surface area contributed by atoms with E-state index in [4.69, 9.17) is 11.5 Å². The topological polar surface area (TPSA) is 156 Å². The summed E-state index contributed by atoms with van der Waals surface area (Å²) in [6.07, 6.45) is 4.65. The lowest BCUT2D eigenvalue weighted by Crippen LogP contribution is -2.43. The molecule has 1 saturated heterocycles. The second kappa shape index (κ2) is 7.15. The van der Waals surface area contributed by atoms with Gasteiger partial charge in [-0.3, -0.25) is 9.78 Å². The zero-order valence-electron chi connectivity index (χ0n) is 13.2. The molecule has 3 rings (SSSR count). The van der Waals surface area contributed by atoms with Gasteiger partial charge in [-0.15, -0.1) is 0 Å². The van der Waals surface area contributed by atoms with Gasteiger partial charge in [-0.1, -0.05) is 0 Å². The van der Waals surface area contributed by atoms with E-state index in [9.17, 15) is 9.59 Å². The number of carbonyl (C=O) groups is 1. The molecule has 132 valence electrons. The molecule has 0 bridgehead atoms. The number of nitrogens with one attached hydrogen (secondary N) is 2. The Bertz CT molecular complexity index is 855. The molecule has 0 aromatic carbocycles. The van der Waals surface area contributed by atoms with Crippen molar-refractivity contribution < 1.29 is 4.79 Å². The second-order valence-corrected chi connectivity index (χ2v) is 6.49. The highest BCUT2D eigenvalue weighted by molar-refractivity contribution is 9.10. The van der Waals surface area contributed by atoms with Crippen LogP contribution >= 0.6 is 15.9 Å². The van der Waals surface area contributed by atoms with Crippen molar-refractivity contribution in [1.82, 2.24) is 19.9 Å². The third-order valence-electron chi connectivity index (χ3n) is 3.82. The van der Waals surface area contributed by atoms with Crippen LogP contribution < -0.4 is 27.4 Å². The van der Waals surface area contributed by atoms with Gasteiger partial charge >= 0.3 is 5.69 Å². The van der Waals surface area contributed by atoms with Crippen LogP contribution in [0.1, 0.15) is 23.3 Å². The number of nitrogen functional groups attached to an aromatic ring is 1. The minimum absolute atomic E-state index is 0.0151. The maximum Gasteiger partial charge on any atom is 0.346 e. The lowest BCUT2D eigenvalue weighted by molar-refractivity contribution is 0.102. The number of anilines is 3. The number of nitrogens with zero attached hydrogens (tertiary/aromatic N) is 4. The summed E-state index contributed by atoms with van der Waals surface area (Å²) in [7, 11) is 0. The Morgan fingerprint density at radius 1 is 1.40 bits per heavy atom. The molecule has 1 aliphatic rings. The molecule has 0 saturated carbocycles. The summed E-state index contributed by atoms with van der Waals surface area (Å²) >= 11 is 3.15. The first-order valence-corrected chi connectivity index (χ1v) is 8.42. The van der Waals surface area contributed by atoms with Crippen LogP contribution in [0.3, 0.4) is 0 Å². The van der Waals surface area contributed by atoms with Gasteiger partial charge in [-0.2, -0.15) is 4.98 Å². The van der Waals surface area contributed by atoms with Crippen LogP contribution in [0.2, 0.25) is 0 Å². The minimum atomic E-state index is -0.587. The Balaban J connectivity index is 1.91. The molecule has 2 aromatic heterocycles. The van der Waals surface area contributed by atoms with Crippen molar-refractivity contribution in [2.24, 2.45) is 5.73 Å². The van der Waals surface area contributed by atoms with Crippen LogP contribution in [-0.2, 0) is 0 Å². The van der Waals surface area contributed by atoms with Crippen molar-refractivity contribution in [2.75, 3.05) is 29.0 Å². The van der Waals surface area contributed by atoms with E-state index in [2.05, 4.69) is 41.2 Å². The number of nitrogens with two attached hydrogens (primary N) is 2. The Morgan fingerprint density at radius 2 is 2.20 bits per heavy atom. The molecule has 0 aliphatic carbocycles. The average Bonchev–Trinajstić information content (AvgIpc) is 2.57. The Labute approximate surface area is 151 Å². The number of aromatic nitrogens is 4. The predicted octanol–water partition coefficient (Wildman–Crippen LogP) is 0.0844. The first-order valence-electron chi connectivity index (χ1n) is 7.63. The lowest BCUT2D eigenvalue weighted by atomic mass is 10.1. The first kappa shape index (κ1) is 17.3. The number of hydrogen-bond donors (Lipinski definition) is 4. The average molecular weight is 409 g/mol. The summed E-state index contributed by atoms with van der Waals surface area (Å²) in [5.41, 5.74) is 11.7. The predicted molar refractivity (Wildman–Crippen MR) is 96.4 cm³/mol. The fourth-order valence-electron chi connectivity index (χ4n) is 2.67. The molecular weight excluding hydrogens is 392 g/mol. The Hall–Kier alpha value is -2.53. The first-order chi connectivity index (χ1) is 11.9. The molecular formula is C14H17BrN8O2. The van der Waals surface area contributed by atoms with Gasteiger partial charge in [0.05, 0.1) is 18.1 Å². The molecule has 1 atom stereocenters. The number of H-pyrrole nitrogens is 1. The quantitative estimate of drug-likeness (QED) is 0.556. The number of rotatable bonds is 3. The minimum Gasteiger partial charge on any atom is -0.382 e. The van der Waals surface area contributed by atoms with Gasteiger partial charge in [-0.25, -0.2) is 14.8 Å². The zero-order chi connectivity index (χ0) is 18.0. The molecule has 25 heavy (non-hydrogen) atoms. The third kappa shape index (κ3) is 3.94. The summed E-state index contributed by atoms with van der Waals surface area (Å²) in [6.45, 7) is 1.36. The van der Waals surface area contributed by atoms with E-state index < -0.39 is 11.6 Å². The zero-order valence-corrected chi connectivity index (χ0v) is 14.8. The fourth-order valence-corrected chi connectivity index (χ4v) is 2.95. The number of carbonyl (C=O) groups excluding carboxylic acids is 1. The molecule has 2 aromatic rings. The number of piperidine rings is 1. The van der Waals surface area contributed by atoms with Crippen LogP contribution in [0.15, 0.2) is 21.8 Å². The van der Waals surface area contributed by atoms with Crippen LogP contribution in [0, 0.1) is 0 Å². The highest BCUT2D eigenvalue weighted by Gasteiger charge is 2.22. The van der Waals surface area contributed by atoms with E-state index in [1.807, 2.05) is 4.90 Å². The Morgan fingerprint density at radius 3 is 2.96 bits per heavy atom. The molecule has 3 heterocycles. The number of hydrogen-bond acceptors (Lipinski definition) is 8. The van der Waals surface area contributed by atoms with E-state index in [0.29, 0.717) is 16.8 Å². The van der Waals surface area contributed by atoms with Gasteiger partial charge in [0.25, 0.3) is 5.91 Å². The van der Waals surface area contributed by atoms with E-state index >= 15 is 0 Å². The number of aromatic amines is 1. The van der Waals surface area contributed by atoms with Gasteiger partial charge in [0.2, 0.25) is 0 Å². The van der Waals surface area contributed by atoms with Gasteiger partial charge in [0.15, 0.2) is 11.5 Å². The van der Waals surface area contributed by atoms with E-state index in [0.717, 1.165) is 19.4 Å². The number of amides is 1. The monoisotopic (exact) mass is 408 g/mol. The lowest BCUT2D eigenvalue weighted by Gasteiger charge is -2.33. The largest absolute Gasteiger partial charge is 0.382 e. The van der Waals surface area contributed by atoms with Crippen LogP contribution in [0.4, 0.5) is 17.3 Å². The van der Waals surface area contributed by atoms with Gasteiger partial charge in [0, 0.05) is 19.1 Å². The van der Waals surface area contributed by atoms with Crippen LogP contribution in [-0.4, -0.2) is 45.0 Å². The van der Waals surface area contributed by atoms with Crippen molar-refractivity contribution in [2.45, 2.75) is 18.9 Å². The van der Waals surface area contributed by atoms with Gasteiger partial charge < -0.3 is 21.7 Å². The molecule has 1 aliphatic heterocycles. The SMILES string of the molecule is Nc1ncc(Br)nc1C(=O)Nc1[nH]c(=O)ncc1N1CCCC(N)C1. The van der Waals surface area contributed by atoms with E-state index in [1.165, 1.54) is 12.4 Å². The summed E-state index contributed by atoms with van der Waals surface area (Å²) in [5.74, 6) is -0.380. The van der Waals surface area contributed by atoms with E-state index in [-0.39, 0.29) is 23.4 Å². The molecule has 10 nitrogen and oxygen atoms in total. The maximum absolute atomic E-state index is 12.5. The summed E-state index contributed by atoms with van der Waals surface area (Å²) in [6, 6.07) is 0.0239. The van der Waals surface area contributed by atoms with Crippen molar-refractivity contribution in [3.05, 3.63) is 33.2 Å². The van der Waals surface area contributed by atoms with Crippen molar-refractivity contribution >= 4 is 39.2 Å². The second-order valence-electron chi connectivity index (χ2n) is 5.68. The van der Waals surface area contributed by atoms with Gasteiger partial charge in [0.1, 0.15) is 10.4 Å². The molecule has 1 unspecified atom stereocenters. The van der Waals surface area contributed by atoms with Crippen LogP contribution in [0.25, 0.3) is 0 Å². The summed E-state index contributed by atoms with van der Waals surface area (Å²) < 4.78 is 0.372. The fraction of sp³-hybridized carbons (Fsp3) is 0.357. The summed E-state index contributed by atoms with van der Waals surface area (Å²) in [5, 5.41) is 2.63. The Kier molecular flexibility index (Phi) is 4.95. The highest BCUT2D eigenvalue weighted by atomic mass is 79.9. The highest BCUT2D eigenvalue weighted by Crippen LogP contribution is 2.25. The van der Waals surface area contributed by atoms with Crippen molar-refractivity contribution in [3.63, 3.8) is 0 Å². The molecule has 11 heteroatoms. The van der Waals surface area contributed by atoms with Crippen molar-refractivity contribution in [3.8, 4) is 0 Å². The molecule has 6 N–H and O–H groups in total. The normalized spacial score (nSPS) is 17.4. The molecule has 0 spiro atoms. The van der Waals surface area contributed by atoms with E-state index in [1.54, 1.807) is 0 Å².